The molecule has 1 unspecified atom stereocenters. The fraction of sp³-hybridized carbons (Fsp3) is 0.633. The number of fused-ring (bicyclic) bond motifs is 7. The molecule has 142 heavy (non-hydrogen) atoms. The average molecular weight is 2030 g/mol. The standard InChI is InChI=1S/C96H139N13O25S2.2CO2/c1-6-93(119)60-66-21-25-92(3,82-72(22-29-108(64-66)65-93)71-13-8-9-14-75(71)103-82)74-58-73-77(59-78(74)121-5)107(4)88-95(73)26-30-109-28-11-24-94(7-2,87(95)109)89(117)96(88,120)79(111)63-101-91(118)134-55-57-136-135-56-27-98-80(112)23-32-123-34-36-125-38-40-127-42-44-129-46-48-131-50-52-133-54-53-132-51-49-130-47-45-128-43-41-126-39-37-124-35-33-122-31-10-12-70(110)19-20-76(86(115)116)104-84(113)67-15-17-68(18-16-67)99-61-69-62-100-83-81(102-69)85(114)106-90(97)105-83;2*2-1-3/h8-9,11,13-18,24,58-59,62,66,76,87-89,99,103,117,119-120H,6-7,10,12,19-23,25-57,60-61,63-65H2,1-5H3,(H,98,112)(H,101,118)(H,104,113)(H,115,116)(H3,97,100,105,106,114);;/t66-,76-,87-,88+,89+,92+,93-,94+,95+,96-;;/m0../s1. The number of nitrogens with one attached hydrogen (secondary N) is 6. The van der Waals surface area contributed by atoms with Gasteiger partial charge in [0, 0.05) is 145 Å². The Hall–Kier alpha value is -9.84. The molecule has 3 aromatic carbocycles. The summed E-state index contributed by atoms with van der Waals surface area (Å²) in [5.74, 6) is -0.867. The molecule has 11 atom stereocenters. The lowest BCUT2D eigenvalue weighted by Gasteiger charge is -2.63. The normalized spacial score (nSPS) is 22.1. The monoisotopic (exact) mass is 2030 g/mol. The van der Waals surface area contributed by atoms with Crippen LogP contribution in [0.3, 0.4) is 0 Å². The van der Waals surface area contributed by atoms with Gasteiger partial charge in [-0.3, -0.25) is 38.8 Å². The van der Waals surface area contributed by atoms with E-state index in [4.69, 9.17) is 91.2 Å². The van der Waals surface area contributed by atoms with E-state index in [1.165, 1.54) is 50.9 Å². The van der Waals surface area contributed by atoms with Crippen LogP contribution in [0.4, 0.5) is 22.1 Å². The highest BCUT2D eigenvalue weighted by Crippen LogP contribution is 2.68. The molecular formula is C98H139N13O29S2. The molecule has 6 aromatic rings. The summed E-state index contributed by atoms with van der Waals surface area (Å²) in [7, 11) is 6.62. The minimum Gasteiger partial charge on any atom is -0.496 e. The van der Waals surface area contributed by atoms with E-state index in [2.05, 4.69) is 112 Å². The predicted molar refractivity (Wildman–Crippen MR) is 522 cm³/mol. The van der Waals surface area contributed by atoms with Crippen molar-refractivity contribution in [2.24, 2.45) is 11.3 Å². The number of methoxy groups -OCH3 is 1. The number of Topliss-reactive ketones (excluding diaryl/α,β-unsaturated/α-hetero) is 2. The number of carboxylic acids is 1. The summed E-state index contributed by atoms with van der Waals surface area (Å²) >= 11 is 0. The number of carbonyl (C=O) groups excluding carboxylic acids is 9. The van der Waals surface area contributed by atoms with E-state index in [-0.39, 0.29) is 104 Å². The zero-order valence-electron chi connectivity index (χ0n) is 81.7. The van der Waals surface area contributed by atoms with E-state index in [9.17, 15) is 49.2 Å². The second kappa shape index (κ2) is 58.9. The number of aliphatic hydroxyl groups is 3. The first-order valence-corrected chi connectivity index (χ1v) is 50.9. The maximum atomic E-state index is 15.2. The number of aromatic nitrogens is 5. The SMILES string of the molecule is CC[C@]1(O)C[C@@H]2CC[C@](C)(c3cc4c(cc3OC)N(C)[C@H]3[C@@](O)(C(=O)CNC(=O)OCCSSCCNC(=O)CCOCCOCCOCCOCCOCCOCCOCCOCCOCCOCCOCCOCCCC(=O)CC[C@H](NC(=O)c5ccc(NCc6cnc7nc(N)[nH]c(=O)c7n6)cc5)C(=O)O)[C@H](O)[C@]5(CC)C=CCN6CC[C@]43[C@@H]65)c3[nH]c4ccccc4c3CCN(C2)C1.O=C=O.O=C=O. The lowest BCUT2D eigenvalue weighted by atomic mass is 9.47. The molecule has 3 amide bonds. The number of alkyl carbamates (subject to hydrolysis) is 1. The Bertz CT molecular complexity index is 5140. The lowest BCUT2D eigenvalue weighted by Crippen LogP contribution is -2.81. The Balaban J connectivity index is 0.00000337. The fourth-order valence-corrected chi connectivity index (χ4v) is 21.6. The fourth-order valence-electron chi connectivity index (χ4n) is 19.9. The van der Waals surface area contributed by atoms with Crippen LogP contribution in [-0.2, 0) is 124 Å². The van der Waals surface area contributed by atoms with Crippen LogP contribution in [0.2, 0.25) is 0 Å². The van der Waals surface area contributed by atoms with E-state index in [0.717, 1.165) is 66.8 Å². The maximum Gasteiger partial charge on any atom is 0.407 e. The molecule has 12 rings (SSSR count). The van der Waals surface area contributed by atoms with Gasteiger partial charge in [-0.05, 0) is 125 Å². The molecule has 5 aliphatic heterocycles. The minimum absolute atomic E-state index is 0.0243. The smallest absolute Gasteiger partial charge is 0.407 e. The number of hydrogen-bond donors (Lipinski definition) is 11. The van der Waals surface area contributed by atoms with Crippen molar-refractivity contribution >= 4 is 109 Å². The molecule has 8 heterocycles. The van der Waals surface area contributed by atoms with Gasteiger partial charge < -0.3 is 124 Å². The first kappa shape index (κ1) is 114. The van der Waals surface area contributed by atoms with Crippen molar-refractivity contribution < 1.29 is 135 Å². The van der Waals surface area contributed by atoms with E-state index in [1.807, 2.05) is 24.9 Å². The first-order chi connectivity index (χ1) is 68.8. The van der Waals surface area contributed by atoms with Gasteiger partial charge in [0.25, 0.3) is 11.5 Å². The van der Waals surface area contributed by atoms with Gasteiger partial charge in [-0.25, -0.2) is 19.6 Å². The van der Waals surface area contributed by atoms with Crippen LogP contribution in [-0.4, -0.2) is 375 Å². The van der Waals surface area contributed by atoms with Gasteiger partial charge in [-0.1, -0.05) is 65.8 Å². The highest BCUT2D eigenvalue weighted by molar-refractivity contribution is 8.76. The van der Waals surface area contributed by atoms with Crippen LogP contribution >= 0.6 is 21.6 Å². The number of nitrogens with zero attached hydrogens (tertiary/aromatic N) is 6. The number of para-hydroxylation sites is 1. The first-order valence-electron chi connectivity index (χ1n) is 48.4. The number of benzene rings is 3. The molecule has 1 spiro atoms. The third-order valence-corrected chi connectivity index (χ3v) is 29.0. The molecule has 2 bridgehead atoms. The molecule has 3 aromatic heterocycles. The number of nitrogen functional groups attached to an aromatic ring is 1. The van der Waals surface area contributed by atoms with Crippen LogP contribution in [0, 0.1) is 11.3 Å². The summed E-state index contributed by atoms with van der Waals surface area (Å²) in [5.41, 5.74) is 7.27. The van der Waals surface area contributed by atoms with Gasteiger partial charge in [0.1, 0.15) is 30.3 Å². The number of aliphatic hydroxyl groups excluding tert-OH is 1. The Morgan fingerprint density at radius 3 is 1.85 bits per heavy atom. The molecule has 6 aliphatic rings. The van der Waals surface area contributed by atoms with Crippen molar-refractivity contribution in [2.45, 2.75) is 151 Å². The maximum absolute atomic E-state index is 15.2. The number of hydrogen-bond acceptors (Lipinski definition) is 38. The third-order valence-electron chi connectivity index (χ3n) is 26.6. The molecule has 3 fully saturated rings. The summed E-state index contributed by atoms with van der Waals surface area (Å²) in [6.45, 7) is 19.7. The third kappa shape index (κ3) is 31.6. The summed E-state index contributed by atoms with van der Waals surface area (Å²) < 4.78 is 78.8. The van der Waals surface area contributed by atoms with E-state index >= 15 is 4.79 Å². The largest absolute Gasteiger partial charge is 0.496 e. The topological polar surface area (TPSA) is 552 Å². The number of carboxylic acid groups (broad SMARTS) is 1. The summed E-state index contributed by atoms with van der Waals surface area (Å²) in [6, 6.07) is 16.8. The van der Waals surface area contributed by atoms with Crippen molar-refractivity contribution in [1.29, 1.82) is 0 Å². The second-order valence-electron chi connectivity index (χ2n) is 35.5. The number of aromatic amines is 2. The highest BCUT2D eigenvalue weighted by Gasteiger charge is 2.78. The van der Waals surface area contributed by atoms with Crippen LogP contribution in [0.15, 0.2) is 83.8 Å². The number of nitrogens with two attached hydrogens (primary N) is 1. The zero-order chi connectivity index (χ0) is 102. The van der Waals surface area contributed by atoms with Crippen LogP contribution in [0.25, 0.3) is 22.1 Å². The number of amides is 3. The molecule has 0 radical (unpaired) electrons. The Morgan fingerprint density at radius 2 is 1.26 bits per heavy atom. The van der Waals surface area contributed by atoms with Crippen LogP contribution in [0.1, 0.15) is 130 Å². The van der Waals surface area contributed by atoms with Crippen molar-refractivity contribution in [1.82, 2.24) is 50.7 Å². The number of anilines is 3. The molecule has 12 N–H and O–H groups in total. The van der Waals surface area contributed by atoms with Crippen molar-refractivity contribution in [3.05, 3.63) is 123 Å². The summed E-state index contributed by atoms with van der Waals surface area (Å²) in [4.78, 5) is 149. The molecule has 1 saturated carbocycles. The number of rotatable bonds is 63. The number of likely N-dealkylation sites (N-methyl/N-ethyl adjacent to an activating group) is 1. The minimum atomic E-state index is -2.35. The number of aliphatic carboxylic acids is 1. The molecule has 782 valence electrons. The Morgan fingerprint density at radius 1 is 0.676 bits per heavy atom. The quantitative estimate of drug-likeness (QED) is 0.0137. The van der Waals surface area contributed by atoms with Crippen LogP contribution in [0.5, 0.6) is 5.75 Å². The number of ketones is 2. The van der Waals surface area contributed by atoms with Gasteiger partial charge in [0.05, 0.1) is 196 Å². The summed E-state index contributed by atoms with van der Waals surface area (Å²) in [6.07, 6.45) is 9.43. The molecule has 42 nitrogen and oxygen atoms in total. The van der Waals surface area contributed by atoms with Crippen molar-refractivity contribution in [3.8, 4) is 5.75 Å². The van der Waals surface area contributed by atoms with Gasteiger partial charge in [0.15, 0.2) is 22.5 Å². The molecule has 44 heteroatoms. The van der Waals surface area contributed by atoms with E-state index in [1.54, 1.807) is 19.2 Å². The lowest BCUT2D eigenvalue weighted by molar-refractivity contribution is -0.201. The van der Waals surface area contributed by atoms with Gasteiger partial charge >= 0.3 is 24.4 Å². The van der Waals surface area contributed by atoms with Gasteiger partial charge in [-0.15, -0.1) is 0 Å². The zero-order valence-corrected chi connectivity index (χ0v) is 83.3. The summed E-state index contributed by atoms with van der Waals surface area (Å²) in [5, 5.41) is 60.6. The second-order valence-corrected chi connectivity index (χ2v) is 38.2. The number of ether oxygens (including phenoxy) is 14. The van der Waals surface area contributed by atoms with Crippen molar-refractivity contribution in [3.63, 3.8) is 0 Å². The average Bonchev–Trinajstić information content (AvgIpc) is 1.48. The molecule has 2 saturated heterocycles. The molecule has 1 aliphatic carbocycles. The molecular weight excluding hydrogens is 1890 g/mol. The number of piperidine rings is 1. The Kier molecular flexibility index (Phi) is 47.4. The highest BCUT2D eigenvalue weighted by atomic mass is 33.1. The van der Waals surface area contributed by atoms with E-state index in [0.29, 0.717) is 232 Å². The van der Waals surface area contributed by atoms with Gasteiger partial charge in [0.2, 0.25) is 11.9 Å². The van der Waals surface area contributed by atoms with E-state index < -0.39 is 81.5 Å². The Labute approximate surface area is 833 Å². The number of H-pyrrole nitrogens is 2. The predicted octanol–water partition coefficient (Wildman–Crippen LogP) is 4.93. The van der Waals surface area contributed by atoms with Crippen molar-refractivity contribution in [2.75, 3.05) is 253 Å². The number of carbonyl (C=O) groups is 6. The van der Waals surface area contributed by atoms with Gasteiger partial charge in [-0.2, -0.15) is 24.2 Å². The van der Waals surface area contributed by atoms with Crippen LogP contribution < -0.4 is 42.2 Å².